The zero-order chi connectivity index (χ0) is 24.4. The number of benzene rings is 2. The second-order valence-corrected chi connectivity index (χ2v) is 9.75. The number of carbonyl (C=O) groups is 2. The van der Waals surface area contributed by atoms with Gasteiger partial charge in [-0.1, -0.05) is 53.6 Å². The van der Waals surface area contributed by atoms with Crippen molar-refractivity contribution in [3.63, 3.8) is 0 Å². The third-order valence-corrected chi connectivity index (χ3v) is 7.17. The molecule has 2 aliphatic heterocycles. The van der Waals surface area contributed by atoms with Gasteiger partial charge in [-0.15, -0.1) is 0 Å². The van der Waals surface area contributed by atoms with Gasteiger partial charge in [-0.2, -0.15) is 0 Å². The lowest BCUT2D eigenvalue weighted by Gasteiger charge is -2.31. The van der Waals surface area contributed by atoms with Crippen LogP contribution >= 0.6 is 11.6 Å². The number of aryl methyl sites for hydroxylation is 1. The maximum atomic E-state index is 13.2. The minimum absolute atomic E-state index is 0.0543. The molecule has 0 bridgehead atoms. The zero-order valence-electron chi connectivity index (χ0n) is 19.7. The number of hydrogen-bond acceptors (Lipinski definition) is 4. The Hall–Kier alpha value is -3.16. The van der Waals surface area contributed by atoms with Gasteiger partial charge < -0.3 is 19.5 Å². The third kappa shape index (κ3) is 5.26. The molecule has 35 heavy (non-hydrogen) atoms. The summed E-state index contributed by atoms with van der Waals surface area (Å²) in [6.07, 6.45) is 2.91. The number of aromatic nitrogens is 2. The van der Waals surface area contributed by atoms with Crippen molar-refractivity contribution in [1.82, 2.24) is 19.8 Å². The lowest BCUT2D eigenvalue weighted by atomic mass is 9.95. The normalized spacial score (nSPS) is 18.2. The molecule has 0 spiro atoms. The Morgan fingerprint density at radius 3 is 2.51 bits per heavy atom. The Morgan fingerprint density at radius 1 is 1.09 bits per heavy atom. The third-order valence-electron chi connectivity index (χ3n) is 6.91. The van der Waals surface area contributed by atoms with Gasteiger partial charge in [0.25, 0.3) is 5.91 Å². The summed E-state index contributed by atoms with van der Waals surface area (Å²) in [5.41, 5.74) is 4.58. The Bertz CT molecular complexity index is 1200. The molecule has 2 amide bonds. The molecular weight excluding hydrogens is 464 g/mol. The van der Waals surface area contributed by atoms with Crippen molar-refractivity contribution < 1.29 is 14.3 Å². The number of nitrogens with one attached hydrogen (secondary N) is 1. The van der Waals surface area contributed by atoms with E-state index in [9.17, 15) is 9.59 Å². The van der Waals surface area contributed by atoms with Gasteiger partial charge in [-0.25, -0.2) is 4.98 Å². The second-order valence-electron chi connectivity index (χ2n) is 9.31. The van der Waals surface area contributed by atoms with Crippen LogP contribution in [0.1, 0.15) is 51.8 Å². The average molecular weight is 493 g/mol. The fourth-order valence-electron chi connectivity index (χ4n) is 4.72. The monoisotopic (exact) mass is 492 g/mol. The molecule has 2 aliphatic rings. The quantitative estimate of drug-likeness (QED) is 0.576. The van der Waals surface area contributed by atoms with Gasteiger partial charge in [0.15, 0.2) is 5.69 Å². The van der Waals surface area contributed by atoms with Gasteiger partial charge in [0, 0.05) is 30.6 Å². The van der Waals surface area contributed by atoms with E-state index in [4.69, 9.17) is 16.3 Å². The molecule has 2 aromatic carbocycles. The highest BCUT2D eigenvalue weighted by atomic mass is 35.5. The van der Waals surface area contributed by atoms with Crippen molar-refractivity contribution in [2.75, 3.05) is 13.1 Å². The number of rotatable bonds is 5. The first-order valence-corrected chi connectivity index (χ1v) is 12.4. The van der Waals surface area contributed by atoms with E-state index in [-0.39, 0.29) is 23.8 Å². The molecule has 1 saturated heterocycles. The van der Waals surface area contributed by atoms with Crippen LogP contribution in [0.15, 0.2) is 54.9 Å². The van der Waals surface area contributed by atoms with Crippen LogP contribution in [0.4, 0.5) is 0 Å². The Labute approximate surface area is 210 Å². The summed E-state index contributed by atoms with van der Waals surface area (Å²) >= 11 is 6.00. The van der Waals surface area contributed by atoms with Crippen LogP contribution < -0.4 is 5.32 Å². The summed E-state index contributed by atoms with van der Waals surface area (Å²) in [6, 6.07) is 15.8. The molecule has 0 aliphatic carbocycles. The minimum atomic E-state index is -0.105. The van der Waals surface area contributed by atoms with Crippen LogP contribution in [-0.2, 0) is 29.2 Å². The van der Waals surface area contributed by atoms with Crippen molar-refractivity contribution in [3.05, 3.63) is 88.0 Å². The van der Waals surface area contributed by atoms with Crippen molar-refractivity contribution in [2.45, 2.75) is 45.6 Å². The summed E-state index contributed by atoms with van der Waals surface area (Å²) < 4.78 is 8.06. The summed E-state index contributed by atoms with van der Waals surface area (Å²) in [7, 11) is 0. The number of halogens is 1. The molecule has 0 saturated carbocycles. The Balaban J connectivity index is 1.15. The molecule has 5 rings (SSSR count). The number of carbonyl (C=O) groups excluding carboxylic acids is 2. The molecule has 1 fully saturated rings. The van der Waals surface area contributed by atoms with Crippen molar-refractivity contribution >= 4 is 23.4 Å². The minimum Gasteiger partial charge on any atom is -0.365 e. The highest BCUT2D eigenvalue weighted by molar-refractivity contribution is 6.30. The largest absolute Gasteiger partial charge is 0.365 e. The fraction of sp³-hybridized carbons (Fsp3) is 0.370. The molecule has 1 unspecified atom stereocenters. The van der Waals surface area contributed by atoms with Crippen LogP contribution in [0.5, 0.6) is 0 Å². The molecule has 1 aromatic heterocycles. The van der Waals surface area contributed by atoms with E-state index in [1.807, 2.05) is 60.0 Å². The molecule has 7 nitrogen and oxygen atoms in total. The predicted octanol–water partition coefficient (Wildman–Crippen LogP) is 4.29. The molecule has 1 N–H and O–H groups in total. The molecular formula is C27H29ClN4O3. The van der Waals surface area contributed by atoms with E-state index in [1.165, 1.54) is 5.56 Å². The van der Waals surface area contributed by atoms with Crippen LogP contribution in [0.25, 0.3) is 0 Å². The smallest absolute Gasteiger partial charge is 0.274 e. The van der Waals surface area contributed by atoms with E-state index in [0.717, 1.165) is 16.8 Å². The lowest BCUT2D eigenvalue weighted by Crippen LogP contribution is -2.43. The Kier molecular flexibility index (Phi) is 6.88. The summed E-state index contributed by atoms with van der Waals surface area (Å²) in [4.78, 5) is 32.1. The Morgan fingerprint density at radius 2 is 1.80 bits per heavy atom. The van der Waals surface area contributed by atoms with Gasteiger partial charge in [0.05, 0.1) is 25.2 Å². The first-order valence-electron chi connectivity index (χ1n) is 12.0. The number of fused-ring (bicyclic) bond motifs is 1. The SMILES string of the molecule is Cc1ccc(CNC(=O)C2CCN(C(=O)c3ncn4c3COC(c3ccc(Cl)cc3)C4)CC2)cc1. The number of nitrogens with zero attached hydrogens (tertiary/aromatic N) is 3. The zero-order valence-corrected chi connectivity index (χ0v) is 20.5. The number of ether oxygens (including phenoxy) is 1. The highest BCUT2D eigenvalue weighted by Crippen LogP contribution is 2.29. The van der Waals surface area contributed by atoms with Gasteiger partial charge >= 0.3 is 0 Å². The lowest BCUT2D eigenvalue weighted by molar-refractivity contribution is -0.126. The van der Waals surface area contributed by atoms with Crippen molar-refractivity contribution in [3.8, 4) is 0 Å². The first-order chi connectivity index (χ1) is 17.0. The summed E-state index contributed by atoms with van der Waals surface area (Å²) in [6.45, 7) is 4.58. The van der Waals surface area contributed by atoms with E-state index < -0.39 is 0 Å². The molecule has 3 aromatic rings. The van der Waals surface area contributed by atoms with E-state index >= 15 is 0 Å². The van der Waals surface area contributed by atoms with E-state index in [0.29, 0.717) is 56.3 Å². The van der Waals surface area contributed by atoms with Gasteiger partial charge in [-0.3, -0.25) is 9.59 Å². The van der Waals surface area contributed by atoms with Crippen molar-refractivity contribution in [2.24, 2.45) is 5.92 Å². The van der Waals surface area contributed by atoms with Crippen LogP contribution in [0, 0.1) is 12.8 Å². The van der Waals surface area contributed by atoms with Gasteiger partial charge in [0.2, 0.25) is 5.91 Å². The summed E-state index contributed by atoms with van der Waals surface area (Å²) in [5.74, 6) is -0.117. The molecule has 3 heterocycles. The number of amides is 2. The highest BCUT2D eigenvalue weighted by Gasteiger charge is 2.32. The van der Waals surface area contributed by atoms with Crippen LogP contribution in [-0.4, -0.2) is 39.4 Å². The van der Waals surface area contributed by atoms with Gasteiger partial charge in [-0.05, 0) is 43.0 Å². The van der Waals surface area contributed by atoms with Crippen LogP contribution in [0.3, 0.4) is 0 Å². The maximum Gasteiger partial charge on any atom is 0.274 e. The molecule has 8 heteroatoms. The van der Waals surface area contributed by atoms with E-state index in [1.54, 1.807) is 11.2 Å². The fourth-order valence-corrected chi connectivity index (χ4v) is 4.84. The molecule has 182 valence electrons. The molecule has 1 atom stereocenters. The average Bonchev–Trinajstić information content (AvgIpc) is 3.31. The number of imidazole rings is 1. The number of hydrogen-bond donors (Lipinski definition) is 1. The molecule has 0 radical (unpaired) electrons. The number of piperidine rings is 1. The topological polar surface area (TPSA) is 76.5 Å². The summed E-state index contributed by atoms with van der Waals surface area (Å²) in [5, 5.41) is 3.73. The second kappa shape index (κ2) is 10.2. The standard InChI is InChI=1S/C27H29ClN4O3/c1-18-2-4-19(5-3-18)14-29-26(33)21-10-12-31(13-11-21)27(34)25-23-16-35-24(15-32(23)17-30-25)20-6-8-22(28)9-7-20/h2-9,17,21,24H,10-16H2,1H3,(H,29,33). The van der Waals surface area contributed by atoms with Crippen molar-refractivity contribution in [1.29, 1.82) is 0 Å². The van der Waals surface area contributed by atoms with Crippen LogP contribution in [0.2, 0.25) is 5.02 Å². The first kappa shape index (κ1) is 23.6. The maximum absolute atomic E-state index is 13.2. The van der Waals surface area contributed by atoms with Gasteiger partial charge in [0.1, 0.15) is 6.10 Å². The predicted molar refractivity (Wildman–Crippen MR) is 133 cm³/mol. The number of likely N-dealkylation sites (tertiary alicyclic amines) is 1. The van der Waals surface area contributed by atoms with E-state index in [2.05, 4.69) is 10.3 Å².